The van der Waals surface area contributed by atoms with Gasteiger partial charge >= 0.3 is 0 Å². The molecule has 4 atom stereocenters. The summed E-state index contributed by atoms with van der Waals surface area (Å²) in [6, 6.07) is 0. The van der Waals surface area contributed by atoms with E-state index in [-0.39, 0.29) is 0 Å². The molecule has 0 aromatic carbocycles. The highest BCUT2D eigenvalue weighted by Gasteiger charge is 2.41. The lowest BCUT2D eigenvalue weighted by Gasteiger charge is -2.25. The monoisotopic (exact) mass is 150 g/mol. The molecule has 2 aliphatic rings. The molecule has 0 N–H and O–H groups in total. The standard InChI is InChI=1S/C11H18/c1-3-10-8-5-6-9(7-8)11(10)4-2/h5-6,8-11H,3-4,7H2,1-2H3/t8-,9-,10-,11+/m1/s1. The minimum Gasteiger partial charge on any atom is -0.0848 e. The van der Waals surface area contributed by atoms with E-state index in [0.29, 0.717) is 0 Å². The van der Waals surface area contributed by atoms with Crippen molar-refractivity contribution in [2.45, 2.75) is 33.1 Å². The molecule has 0 unspecified atom stereocenters. The summed E-state index contributed by atoms with van der Waals surface area (Å²) in [4.78, 5) is 0. The van der Waals surface area contributed by atoms with Gasteiger partial charge in [-0.1, -0.05) is 38.8 Å². The number of rotatable bonds is 2. The first kappa shape index (κ1) is 7.39. The van der Waals surface area contributed by atoms with Crippen LogP contribution in [0.5, 0.6) is 0 Å². The summed E-state index contributed by atoms with van der Waals surface area (Å²) >= 11 is 0. The van der Waals surface area contributed by atoms with Gasteiger partial charge in [0.1, 0.15) is 0 Å². The normalized spacial score (nSPS) is 47.1. The highest BCUT2D eigenvalue weighted by atomic mass is 14.5. The number of hydrogen-bond acceptors (Lipinski definition) is 0. The summed E-state index contributed by atoms with van der Waals surface area (Å²) in [6.07, 6.45) is 9.18. The van der Waals surface area contributed by atoms with E-state index in [1.54, 1.807) is 0 Å². The van der Waals surface area contributed by atoms with Gasteiger partial charge in [0.15, 0.2) is 0 Å². The summed E-state index contributed by atoms with van der Waals surface area (Å²) in [6.45, 7) is 4.70. The fourth-order valence-electron chi connectivity index (χ4n) is 3.24. The quantitative estimate of drug-likeness (QED) is 0.530. The summed E-state index contributed by atoms with van der Waals surface area (Å²) in [5.74, 6) is 3.95. The van der Waals surface area contributed by atoms with Crippen LogP contribution in [0.25, 0.3) is 0 Å². The maximum absolute atomic E-state index is 2.46. The first-order chi connectivity index (χ1) is 5.36. The second-order valence-corrected chi connectivity index (χ2v) is 4.09. The minimum atomic E-state index is 0.954. The molecule has 0 aliphatic heterocycles. The molecule has 0 nitrogen and oxygen atoms in total. The Morgan fingerprint density at radius 1 is 1.00 bits per heavy atom. The highest BCUT2D eigenvalue weighted by Crippen LogP contribution is 2.50. The van der Waals surface area contributed by atoms with Gasteiger partial charge in [-0.3, -0.25) is 0 Å². The maximum atomic E-state index is 2.46. The Balaban J connectivity index is 2.15. The molecule has 2 rings (SSSR count). The van der Waals surface area contributed by atoms with E-state index in [1.807, 2.05) is 0 Å². The zero-order valence-electron chi connectivity index (χ0n) is 7.59. The predicted octanol–water partition coefficient (Wildman–Crippen LogP) is 3.24. The zero-order chi connectivity index (χ0) is 7.84. The fourth-order valence-corrected chi connectivity index (χ4v) is 3.24. The lowest BCUT2D eigenvalue weighted by molar-refractivity contribution is 0.292. The van der Waals surface area contributed by atoms with E-state index in [4.69, 9.17) is 0 Å². The summed E-state index contributed by atoms with van der Waals surface area (Å²) < 4.78 is 0. The Morgan fingerprint density at radius 3 is 1.82 bits per heavy atom. The van der Waals surface area contributed by atoms with Crippen LogP contribution in [0.3, 0.4) is 0 Å². The van der Waals surface area contributed by atoms with Crippen LogP contribution in [0.1, 0.15) is 33.1 Å². The average Bonchev–Trinajstić information content (AvgIpc) is 2.60. The molecule has 0 aromatic heterocycles. The van der Waals surface area contributed by atoms with Crippen LogP contribution < -0.4 is 0 Å². The largest absolute Gasteiger partial charge is 0.0848 e. The molecular formula is C11H18. The fraction of sp³-hybridized carbons (Fsp3) is 0.818. The average molecular weight is 150 g/mol. The zero-order valence-corrected chi connectivity index (χ0v) is 7.59. The van der Waals surface area contributed by atoms with E-state index >= 15 is 0 Å². The second kappa shape index (κ2) is 2.66. The third kappa shape index (κ3) is 0.953. The van der Waals surface area contributed by atoms with Crippen LogP contribution in [0.2, 0.25) is 0 Å². The van der Waals surface area contributed by atoms with Gasteiger partial charge in [0, 0.05) is 0 Å². The molecule has 11 heavy (non-hydrogen) atoms. The van der Waals surface area contributed by atoms with Gasteiger partial charge in [-0.15, -0.1) is 0 Å². The third-order valence-corrected chi connectivity index (χ3v) is 3.74. The van der Waals surface area contributed by atoms with E-state index in [2.05, 4.69) is 26.0 Å². The van der Waals surface area contributed by atoms with Crippen molar-refractivity contribution < 1.29 is 0 Å². The van der Waals surface area contributed by atoms with E-state index in [9.17, 15) is 0 Å². The Bertz CT molecular complexity index is 151. The molecule has 0 saturated heterocycles. The maximum Gasteiger partial charge on any atom is -0.0197 e. The van der Waals surface area contributed by atoms with Gasteiger partial charge in [-0.2, -0.15) is 0 Å². The lowest BCUT2D eigenvalue weighted by atomic mass is 9.80. The summed E-state index contributed by atoms with van der Waals surface area (Å²) in [5.41, 5.74) is 0. The van der Waals surface area contributed by atoms with Crippen molar-refractivity contribution >= 4 is 0 Å². The molecule has 0 spiro atoms. The van der Waals surface area contributed by atoms with Crippen LogP contribution in [0.4, 0.5) is 0 Å². The van der Waals surface area contributed by atoms with Gasteiger partial charge in [0.25, 0.3) is 0 Å². The first-order valence-electron chi connectivity index (χ1n) is 5.05. The van der Waals surface area contributed by atoms with Crippen LogP contribution >= 0.6 is 0 Å². The van der Waals surface area contributed by atoms with Crippen molar-refractivity contribution in [3.05, 3.63) is 12.2 Å². The highest BCUT2D eigenvalue weighted by molar-refractivity contribution is 5.12. The van der Waals surface area contributed by atoms with Gasteiger partial charge in [-0.25, -0.2) is 0 Å². The molecule has 62 valence electrons. The van der Waals surface area contributed by atoms with Crippen LogP contribution in [-0.4, -0.2) is 0 Å². The van der Waals surface area contributed by atoms with Crippen molar-refractivity contribution in [1.29, 1.82) is 0 Å². The second-order valence-electron chi connectivity index (χ2n) is 4.09. The van der Waals surface area contributed by atoms with Crippen LogP contribution in [0.15, 0.2) is 12.2 Å². The molecule has 2 bridgehead atoms. The van der Waals surface area contributed by atoms with E-state index in [0.717, 1.165) is 23.7 Å². The molecule has 1 fully saturated rings. The molecule has 0 aromatic rings. The smallest absolute Gasteiger partial charge is 0.0197 e. The van der Waals surface area contributed by atoms with E-state index in [1.165, 1.54) is 19.3 Å². The molecule has 2 aliphatic carbocycles. The summed E-state index contributed by atoms with van der Waals surface area (Å²) in [7, 11) is 0. The first-order valence-corrected chi connectivity index (χ1v) is 5.05. The number of allylic oxidation sites excluding steroid dienone is 2. The Labute approximate surface area is 69.7 Å². The van der Waals surface area contributed by atoms with Crippen LogP contribution in [-0.2, 0) is 0 Å². The van der Waals surface area contributed by atoms with Gasteiger partial charge in [0.05, 0.1) is 0 Å². The van der Waals surface area contributed by atoms with Gasteiger partial charge < -0.3 is 0 Å². The van der Waals surface area contributed by atoms with Crippen molar-refractivity contribution in [3.63, 3.8) is 0 Å². The third-order valence-electron chi connectivity index (χ3n) is 3.74. The Morgan fingerprint density at radius 2 is 1.45 bits per heavy atom. The lowest BCUT2D eigenvalue weighted by Crippen LogP contribution is -2.17. The van der Waals surface area contributed by atoms with Crippen LogP contribution in [0, 0.1) is 23.7 Å². The number of hydrogen-bond donors (Lipinski definition) is 0. The van der Waals surface area contributed by atoms with Crippen molar-refractivity contribution in [1.82, 2.24) is 0 Å². The topological polar surface area (TPSA) is 0 Å². The molecule has 0 heteroatoms. The molecule has 0 heterocycles. The molecule has 1 saturated carbocycles. The van der Waals surface area contributed by atoms with Crippen molar-refractivity contribution in [3.8, 4) is 0 Å². The molecular weight excluding hydrogens is 132 g/mol. The predicted molar refractivity (Wildman–Crippen MR) is 48.3 cm³/mol. The SMILES string of the molecule is CC[C@@H]1[C@H](CC)[C@@H]2C=C[C@@H]1C2. The van der Waals surface area contributed by atoms with Gasteiger partial charge in [-0.05, 0) is 30.1 Å². The van der Waals surface area contributed by atoms with Crippen molar-refractivity contribution in [2.24, 2.45) is 23.7 Å². The van der Waals surface area contributed by atoms with Crippen molar-refractivity contribution in [2.75, 3.05) is 0 Å². The van der Waals surface area contributed by atoms with E-state index < -0.39 is 0 Å². The Kier molecular flexibility index (Phi) is 1.78. The number of fused-ring (bicyclic) bond motifs is 2. The van der Waals surface area contributed by atoms with Gasteiger partial charge in [0.2, 0.25) is 0 Å². The Hall–Kier alpha value is -0.260. The molecule has 0 amide bonds. The minimum absolute atomic E-state index is 0.954. The molecule has 0 radical (unpaired) electrons. The summed E-state index contributed by atoms with van der Waals surface area (Å²) in [5, 5.41) is 0.